The lowest BCUT2D eigenvalue weighted by Gasteiger charge is -2.24. The highest BCUT2D eigenvalue weighted by Gasteiger charge is 2.18. The van der Waals surface area contributed by atoms with Gasteiger partial charge in [0.2, 0.25) is 0 Å². The molecule has 0 aromatic heterocycles. The van der Waals surface area contributed by atoms with Gasteiger partial charge < -0.3 is 5.32 Å². The van der Waals surface area contributed by atoms with Crippen LogP contribution in [0.5, 0.6) is 0 Å². The molecule has 19 heavy (non-hydrogen) atoms. The van der Waals surface area contributed by atoms with Gasteiger partial charge in [-0.2, -0.15) is 0 Å². The van der Waals surface area contributed by atoms with Crippen molar-refractivity contribution in [1.29, 1.82) is 0 Å². The third-order valence-electron chi connectivity index (χ3n) is 2.90. The van der Waals surface area contributed by atoms with Crippen molar-refractivity contribution in [1.82, 2.24) is 5.32 Å². The number of hydrogen-bond donors (Lipinski definition) is 1. The minimum Gasteiger partial charge on any atom is -0.352 e. The van der Waals surface area contributed by atoms with Crippen molar-refractivity contribution in [2.24, 2.45) is 5.41 Å². The van der Waals surface area contributed by atoms with E-state index >= 15 is 0 Å². The zero-order chi connectivity index (χ0) is 14.5. The molecule has 0 aliphatic rings. The van der Waals surface area contributed by atoms with Crippen molar-refractivity contribution in [3.8, 4) is 0 Å². The predicted molar refractivity (Wildman–Crippen MR) is 85.6 cm³/mol. The molecular formula is C14H18BrCl2NO. The van der Waals surface area contributed by atoms with E-state index in [0.717, 1.165) is 18.2 Å². The van der Waals surface area contributed by atoms with Crippen molar-refractivity contribution in [2.45, 2.75) is 26.7 Å². The van der Waals surface area contributed by atoms with Crippen molar-refractivity contribution in [3.63, 3.8) is 0 Å². The molecule has 0 heterocycles. The molecule has 1 aromatic carbocycles. The summed E-state index contributed by atoms with van der Waals surface area (Å²) in [5, 5.41) is 4.77. The van der Waals surface area contributed by atoms with Crippen LogP contribution in [0.15, 0.2) is 18.2 Å². The van der Waals surface area contributed by atoms with E-state index in [9.17, 15) is 4.79 Å². The van der Waals surface area contributed by atoms with Gasteiger partial charge in [0.1, 0.15) is 0 Å². The molecule has 0 aliphatic carbocycles. The predicted octanol–water partition coefficient (Wildman–Crippen LogP) is 4.92. The lowest BCUT2D eigenvalue weighted by molar-refractivity contribution is 0.0934. The largest absolute Gasteiger partial charge is 0.352 e. The molecular weight excluding hydrogens is 349 g/mol. The lowest BCUT2D eigenvalue weighted by atomic mass is 9.88. The van der Waals surface area contributed by atoms with Gasteiger partial charge in [-0.3, -0.25) is 4.79 Å². The Morgan fingerprint density at radius 3 is 2.58 bits per heavy atom. The number of nitrogens with one attached hydrogen (secondary N) is 1. The number of rotatable bonds is 6. The number of benzene rings is 1. The van der Waals surface area contributed by atoms with Crippen LogP contribution in [0.4, 0.5) is 0 Å². The number of carbonyl (C=O) groups is 1. The Kier molecular flexibility index (Phi) is 6.64. The first-order valence-electron chi connectivity index (χ1n) is 6.15. The van der Waals surface area contributed by atoms with Gasteiger partial charge in [0.25, 0.3) is 5.91 Å². The minimum atomic E-state index is -0.120. The smallest absolute Gasteiger partial charge is 0.251 e. The average Bonchev–Trinajstić information content (AvgIpc) is 2.37. The summed E-state index contributed by atoms with van der Waals surface area (Å²) in [6.07, 6.45) is 2.15. The number of amides is 1. The fraction of sp³-hybridized carbons (Fsp3) is 0.500. The van der Waals surface area contributed by atoms with Gasteiger partial charge in [0, 0.05) is 17.4 Å². The minimum absolute atomic E-state index is 0.0830. The summed E-state index contributed by atoms with van der Waals surface area (Å²) in [6.45, 7) is 4.93. The maximum atomic E-state index is 12.0. The molecule has 0 radical (unpaired) electrons. The summed E-state index contributed by atoms with van der Waals surface area (Å²) in [4.78, 5) is 12.0. The summed E-state index contributed by atoms with van der Waals surface area (Å²) in [5.74, 6) is -0.120. The van der Waals surface area contributed by atoms with Crippen LogP contribution in [0.25, 0.3) is 0 Å². The summed E-state index contributed by atoms with van der Waals surface area (Å²) >= 11 is 15.1. The van der Waals surface area contributed by atoms with Gasteiger partial charge in [-0.1, -0.05) is 53.0 Å². The second-order valence-electron chi connectivity index (χ2n) is 5.27. The Morgan fingerprint density at radius 1 is 1.32 bits per heavy atom. The number of carbonyl (C=O) groups excluding carboxylic acids is 1. The summed E-state index contributed by atoms with van der Waals surface area (Å²) in [5.41, 5.74) is 0.616. The zero-order valence-corrected chi connectivity index (χ0v) is 14.2. The Morgan fingerprint density at radius 2 is 2.00 bits per heavy atom. The van der Waals surface area contributed by atoms with E-state index in [1.165, 1.54) is 0 Å². The Balaban J connectivity index is 2.57. The first-order chi connectivity index (χ1) is 8.85. The number of halogens is 3. The molecule has 1 rings (SSSR count). The molecule has 0 atom stereocenters. The van der Waals surface area contributed by atoms with E-state index in [4.69, 9.17) is 23.2 Å². The average molecular weight is 367 g/mol. The Labute approximate surface area is 133 Å². The van der Waals surface area contributed by atoms with Gasteiger partial charge in [-0.25, -0.2) is 0 Å². The third kappa shape index (κ3) is 5.72. The van der Waals surface area contributed by atoms with Crippen LogP contribution in [0.1, 0.15) is 37.0 Å². The highest BCUT2D eigenvalue weighted by molar-refractivity contribution is 9.09. The quantitative estimate of drug-likeness (QED) is 0.711. The molecule has 0 unspecified atom stereocenters. The molecule has 106 valence electrons. The molecule has 0 fully saturated rings. The maximum absolute atomic E-state index is 12.0. The van der Waals surface area contributed by atoms with E-state index in [0.29, 0.717) is 22.2 Å². The van der Waals surface area contributed by atoms with Crippen LogP contribution >= 0.6 is 39.1 Å². The SMILES string of the molecule is CC(C)(CCCBr)CNC(=O)c1ccc(Cl)c(Cl)c1. The van der Waals surface area contributed by atoms with Gasteiger partial charge in [-0.05, 0) is 36.5 Å². The van der Waals surface area contributed by atoms with E-state index in [2.05, 4.69) is 35.1 Å². The normalized spacial score (nSPS) is 11.4. The van der Waals surface area contributed by atoms with Crippen LogP contribution < -0.4 is 5.32 Å². The first kappa shape index (κ1) is 16.8. The molecule has 0 saturated heterocycles. The summed E-state index contributed by atoms with van der Waals surface area (Å²) in [7, 11) is 0. The van der Waals surface area contributed by atoms with E-state index in [1.807, 2.05) is 0 Å². The fourth-order valence-electron chi connectivity index (χ4n) is 1.69. The lowest BCUT2D eigenvalue weighted by Crippen LogP contribution is -2.34. The molecule has 1 amide bonds. The summed E-state index contributed by atoms with van der Waals surface area (Å²) in [6, 6.07) is 4.90. The van der Waals surface area contributed by atoms with Crippen molar-refractivity contribution in [3.05, 3.63) is 33.8 Å². The van der Waals surface area contributed by atoms with Gasteiger partial charge in [-0.15, -0.1) is 0 Å². The molecule has 0 spiro atoms. The topological polar surface area (TPSA) is 29.1 Å². The molecule has 0 aliphatic heterocycles. The third-order valence-corrected chi connectivity index (χ3v) is 4.20. The Hall–Kier alpha value is -0.250. The van der Waals surface area contributed by atoms with Crippen LogP contribution in [-0.4, -0.2) is 17.8 Å². The summed E-state index contributed by atoms with van der Waals surface area (Å²) < 4.78 is 0. The molecule has 2 nitrogen and oxygen atoms in total. The van der Waals surface area contributed by atoms with Gasteiger partial charge in [0.15, 0.2) is 0 Å². The van der Waals surface area contributed by atoms with Crippen LogP contribution in [0.2, 0.25) is 10.0 Å². The Bertz CT molecular complexity index is 449. The molecule has 5 heteroatoms. The first-order valence-corrected chi connectivity index (χ1v) is 8.03. The van der Waals surface area contributed by atoms with Crippen LogP contribution in [-0.2, 0) is 0 Å². The van der Waals surface area contributed by atoms with E-state index in [1.54, 1.807) is 18.2 Å². The fourth-order valence-corrected chi connectivity index (χ4v) is 2.27. The van der Waals surface area contributed by atoms with Crippen molar-refractivity contribution < 1.29 is 4.79 Å². The maximum Gasteiger partial charge on any atom is 0.251 e. The van der Waals surface area contributed by atoms with Crippen molar-refractivity contribution in [2.75, 3.05) is 11.9 Å². The number of alkyl halides is 1. The van der Waals surface area contributed by atoms with Crippen LogP contribution in [0, 0.1) is 5.41 Å². The standard InChI is InChI=1S/C14H18BrCl2NO/c1-14(2,6-3-7-15)9-18-13(19)10-4-5-11(16)12(17)8-10/h4-5,8H,3,6-7,9H2,1-2H3,(H,18,19). The molecule has 0 saturated carbocycles. The number of hydrogen-bond acceptors (Lipinski definition) is 1. The second-order valence-corrected chi connectivity index (χ2v) is 6.88. The molecule has 1 N–H and O–H groups in total. The van der Waals surface area contributed by atoms with Crippen LogP contribution in [0.3, 0.4) is 0 Å². The van der Waals surface area contributed by atoms with Gasteiger partial charge >= 0.3 is 0 Å². The molecule has 0 bridgehead atoms. The van der Waals surface area contributed by atoms with Crippen molar-refractivity contribution >= 4 is 45.0 Å². The highest BCUT2D eigenvalue weighted by atomic mass is 79.9. The van der Waals surface area contributed by atoms with E-state index < -0.39 is 0 Å². The van der Waals surface area contributed by atoms with Gasteiger partial charge in [0.05, 0.1) is 10.0 Å². The zero-order valence-electron chi connectivity index (χ0n) is 11.1. The monoisotopic (exact) mass is 365 g/mol. The molecule has 1 aromatic rings. The second kappa shape index (κ2) is 7.51. The van der Waals surface area contributed by atoms with E-state index in [-0.39, 0.29) is 11.3 Å². The highest BCUT2D eigenvalue weighted by Crippen LogP contribution is 2.24.